The molecular formula is C24H22N6O3. The van der Waals surface area contributed by atoms with Crippen molar-refractivity contribution in [2.45, 2.75) is 20.3 Å². The van der Waals surface area contributed by atoms with Gasteiger partial charge < -0.3 is 19.4 Å². The lowest BCUT2D eigenvalue weighted by Crippen LogP contribution is -2.21. The smallest absolute Gasteiger partial charge is 0.327 e. The van der Waals surface area contributed by atoms with Crippen LogP contribution in [0.2, 0.25) is 0 Å². The molecule has 9 nitrogen and oxygen atoms in total. The zero-order valence-electron chi connectivity index (χ0n) is 18.7. The van der Waals surface area contributed by atoms with Crippen LogP contribution in [0.4, 0.5) is 0 Å². The summed E-state index contributed by atoms with van der Waals surface area (Å²) in [6.45, 7) is 3.83. The number of nitriles is 1. The fourth-order valence-electron chi connectivity index (χ4n) is 3.13. The second kappa shape index (κ2) is 8.96. The molecule has 9 heteroatoms. The molecule has 4 aromatic rings. The standard InChI is InChI=1S/C24H22N6O3/c1-5-19-26-20-21(27-19)28-24(33-18-11-15(13-25)10-9-14(18)2)29-22(20)32-17-8-6-7-16(12-17)23(31)30(3)4/h6-12H,5H2,1-4H3,(H,26,27,28,29). The van der Waals surface area contributed by atoms with Crippen molar-refractivity contribution >= 4 is 17.1 Å². The van der Waals surface area contributed by atoms with Crippen LogP contribution >= 0.6 is 0 Å². The van der Waals surface area contributed by atoms with Crippen LogP contribution in [0.1, 0.15) is 34.2 Å². The number of carbonyl (C=O) groups excluding carboxylic acids is 1. The molecule has 2 aromatic heterocycles. The maximum absolute atomic E-state index is 12.3. The van der Waals surface area contributed by atoms with E-state index in [9.17, 15) is 10.1 Å². The molecule has 4 rings (SSSR count). The average Bonchev–Trinajstić information content (AvgIpc) is 3.24. The fraction of sp³-hybridized carbons (Fsp3) is 0.208. The Morgan fingerprint density at radius 1 is 1.12 bits per heavy atom. The molecule has 0 bridgehead atoms. The van der Waals surface area contributed by atoms with E-state index in [1.54, 1.807) is 56.6 Å². The summed E-state index contributed by atoms with van der Waals surface area (Å²) in [5, 5.41) is 9.20. The van der Waals surface area contributed by atoms with E-state index in [2.05, 4.69) is 26.0 Å². The number of imidazole rings is 1. The molecular weight excluding hydrogens is 420 g/mol. The summed E-state index contributed by atoms with van der Waals surface area (Å²) < 4.78 is 12.0. The molecule has 0 fully saturated rings. The average molecular weight is 442 g/mol. The first-order valence-corrected chi connectivity index (χ1v) is 10.3. The summed E-state index contributed by atoms with van der Waals surface area (Å²) >= 11 is 0. The summed E-state index contributed by atoms with van der Waals surface area (Å²) in [4.78, 5) is 30.3. The summed E-state index contributed by atoms with van der Waals surface area (Å²) in [5.41, 5.74) is 2.68. The van der Waals surface area contributed by atoms with E-state index in [4.69, 9.17) is 9.47 Å². The van der Waals surface area contributed by atoms with E-state index < -0.39 is 0 Å². The molecule has 1 N–H and O–H groups in total. The number of nitrogens with zero attached hydrogens (tertiary/aromatic N) is 5. The third-order valence-electron chi connectivity index (χ3n) is 4.90. The lowest BCUT2D eigenvalue weighted by molar-refractivity contribution is 0.0827. The molecule has 0 spiro atoms. The van der Waals surface area contributed by atoms with Crippen molar-refractivity contribution in [3.8, 4) is 29.5 Å². The number of aromatic nitrogens is 4. The summed E-state index contributed by atoms with van der Waals surface area (Å²) in [5.74, 6) is 1.69. The number of hydrogen-bond donors (Lipinski definition) is 1. The number of aromatic amines is 1. The van der Waals surface area contributed by atoms with Crippen LogP contribution in [0, 0.1) is 18.3 Å². The lowest BCUT2D eigenvalue weighted by atomic mass is 10.1. The number of hydrogen-bond acceptors (Lipinski definition) is 7. The molecule has 0 saturated heterocycles. The van der Waals surface area contributed by atoms with E-state index in [1.165, 1.54) is 4.90 Å². The van der Waals surface area contributed by atoms with Crippen LogP contribution in [0.3, 0.4) is 0 Å². The Labute approximate surface area is 190 Å². The molecule has 0 aliphatic rings. The van der Waals surface area contributed by atoms with Gasteiger partial charge in [-0.3, -0.25) is 4.79 Å². The third-order valence-corrected chi connectivity index (χ3v) is 4.90. The Kier molecular flexibility index (Phi) is 5.91. The molecule has 0 aliphatic carbocycles. The zero-order valence-corrected chi connectivity index (χ0v) is 18.7. The maximum Gasteiger partial charge on any atom is 0.327 e. The SMILES string of the molecule is CCc1nc2nc(Oc3cc(C#N)ccc3C)nc(Oc3cccc(C(=O)N(C)C)c3)c2[nH]1. The second-order valence-electron chi connectivity index (χ2n) is 7.57. The van der Waals surface area contributed by atoms with Crippen LogP contribution in [-0.2, 0) is 6.42 Å². The van der Waals surface area contributed by atoms with Gasteiger partial charge in [0.05, 0.1) is 11.6 Å². The molecule has 2 heterocycles. The maximum atomic E-state index is 12.3. The molecule has 0 saturated carbocycles. The zero-order chi connectivity index (χ0) is 23.5. The van der Waals surface area contributed by atoms with Gasteiger partial charge in [-0.2, -0.15) is 15.2 Å². The molecule has 1 amide bonds. The van der Waals surface area contributed by atoms with Crippen LogP contribution in [-0.4, -0.2) is 44.8 Å². The van der Waals surface area contributed by atoms with Crippen molar-refractivity contribution in [2.24, 2.45) is 0 Å². The Morgan fingerprint density at radius 3 is 2.67 bits per heavy atom. The number of fused-ring (bicyclic) bond motifs is 1. The number of H-pyrrole nitrogens is 1. The summed E-state index contributed by atoms with van der Waals surface area (Å²) in [6, 6.07) is 14.1. The first-order chi connectivity index (χ1) is 15.9. The number of aryl methyl sites for hydroxylation is 2. The Hall–Kier alpha value is -4.45. The van der Waals surface area contributed by atoms with Gasteiger partial charge in [-0.05, 0) is 42.8 Å². The van der Waals surface area contributed by atoms with E-state index >= 15 is 0 Å². The quantitative estimate of drug-likeness (QED) is 0.471. The van der Waals surface area contributed by atoms with Gasteiger partial charge in [0.2, 0.25) is 0 Å². The highest BCUT2D eigenvalue weighted by molar-refractivity contribution is 5.94. The van der Waals surface area contributed by atoms with Crippen LogP contribution in [0.5, 0.6) is 23.4 Å². The van der Waals surface area contributed by atoms with Crippen molar-refractivity contribution in [3.05, 3.63) is 65.0 Å². The van der Waals surface area contributed by atoms with Gasteiger partial charge in [0.1, 0.15) is 22.8 Å². The van der Waals surface area contributed by atoms with Crippen molar-refractivity contribution in [3.63, 3.8) is 0 Å². The highest BCUT2D eigenvalue weighted by Gasteiger charge is 2.17. The number of ether oxygens (including phenoxy) is 2. The van der Waals surface area contributed by atoms with Gasteiger partial charge in [0, 0.05) is 26.1 Å². The van der Waals surface area contributed by atoms with Crippen molar-refractivity contribution in [1.82, 2.24) is 24.8 Å². The minimum atomic E-state index is -0.139. The number of carbonyl (C=O) groups is 1. The fourth-order valence-corrected chi connectivity index (χ4v) is 3.13. The van der Waals surface area contributed by atoms with E-state index in [1.807, 2.05) is 13.8 Å². The topological polar surface area (TPSA) is 117 Å². The van der Waals surface area contributed by atoms with E-state index in [0.717, 1.165) is 11.4 Å². The third kappa shape index (κ3) is 4.60. The Morgan fingerprint density at radius 2 is 1.94 bits per heavy atom. The monoisotopic (exact) mass is 442 g/mol. The van der Waals surface area contributed by atoms with Crippen LogP contribution in [0.15, 0.2) is 42.5 Å². The van der Waals surface area contributed by atoms with E-state index in [-0.39, 0.29) is 17.8 Å². The molecule has 166 valence electrons. The number of benzene rings is 2. The highest BCUT2D eigenvalue weighted by atomic mass is 16.5. The normalized spacial score (nSPS) is 10.6. The molecule has 0 radical (unpaired) electrons. The summed E-state index contributed by atoms with van der Waals surface area (Å²) in [6.07, 6.45) is 0.669. The molecule has 0 atom stereocenters. The molecule has 0 aliphatic heterocycles. The van der Waals surface area contributed by atoms with Crippen molar-refractivity contribution < 1.29 is 14.3 Å². The van der Waals surface area contributed by atoms with Gasteiger partial charge >= 0.3 is 6.01 Å². The van der Waals surface area contributed by atoms with Gasteiger partial charge in [0.25, 0.3) is 11.8 Å². The van der Waals surface area contributed by atoms with Gasteiger partial charge in [-0.25, -0.2) is 4.98 Å². The largest absolute Gasteiger partial charge is 0.437 e. The molecule has 0 unspecified atom stereocenters. The van der Waals surface area contributed by atoms with Crippen LogP contribution in [0.25, 0.3) is 11.2 Å². The van der Waals surface area contributed by atoms with Gasteiger partial charge in [-0.15, -0.1) is 0 Å². The second-order valence-corrected chi connectivity index (χ2v) is 7.57. The highest BCUT2D eigenvalue weighted by Crippen LogP contribution is 2.31. The first kappa shape index (κ1) is 21.8. The predicted octanol–water partition coefficient (Wildman–Crippen LogP) is 4.38. The van der Waals surface area contributed by atoms with E-state index in [0.29, 0.717) is 40.2 Å². The van der Waals surface area contributed by atoms with Gasteiger partial charge in [-0.1, -0.05) is 19.1 Å². The number of amides is 1. The molecule has 2 aromatic carbocycles. The summed E-state index contributed by atoms with van der Waals surface area (Å²) in [7, 11) is 3.38. The Balaban J connectivity index is 1.75. The number of rotatable bonds is 6. The predicted molar refractivity (Wildman–Crippen MR) is 122 cm³/mol. The minimum absolute atomic E-state index is 0.0327. The lowest BCUT2D eigenvalue weighted by Gasteiger charge is -2.12. The number of nitrogens with one attached hydrogen (secondary N) is 1. The van der Waals surface area contributed by atoms with Crippen LogP contribution < -0.4 is 9.47 Å². The van der Waals surface area contributed by atoms with Crippen molar-refractivity contribution in [1.29, 1.82) is 5.26 Å². The molecule has 33 heavy (non-hydrogen) atoms. The van der Waals surface area contributed by atoms with Crippen molar-refractivity contribution in [2.75, 3.05) is 14.1 Å². The minimum Gasteiger partial charge on any atom is -0.437 e. The first-order valence-electron chi connectivity index (χ1n) is 10.3. The van der Waals surface area contributed by atoms with Gasteiger partial charge in [0.15, 0.2) is 5.65 Å². The Bertz CT molecular complexity index is 1390.